The molecule has 2 aromatic rings. The number of hydroxylamine groups is 1. The number of hydrogen-bond acceptors (Lipinski definition) is 7. The van der Waals surface area contributed by atoms with Crippen LogP contribution >= 0.6 is 0 Å². The van der Waals surface area contributed by atoms with Gasteiger partial charge >= 0.3 is 0 Å². The lowest BCUT2D eigenvalue weighted by Crippen LogP contribution is -2.36. The SMILES string of the molecule is Cc1cc(F)ccc1-c1nc(NCCO)nc2c1CNCN2[O-]. The molecule has 0 spiro atoms. The third-order valence-corrected chi connectivity index (χ3v) is 3.62. The van der Waals surface area contributed by atoms with Crippen molar-refractivity contribution in [2.75, 3.05) is 30.2 Å². The van der Waals surface area contributed by atoms with Crippen LogP contribution in [0.1, 0.15) is 11.1 Å². The van der Waals surface area contributed by atoms with Gasteiger partial charge in [-0.15, -0.1) is 0 Å². The van der Waals surface area contributed by atoms with Crippen molar-refractivity contribution < 1.29 is 9.50 Å². The molecule has 0 aliphatic carbocycles. The summed E-state index contributed by atoms with van der Waals surface area (Å²) in [5.41, 5.74) is 2.73. The predicted octanol–water partition coefficient (Wildman–Crippen LogP) is 1.36. The molecule has 122 valence electrons. The van der Waals surface area contributed by atoms with E-state index in [-0.39, 0.29) is 37.4 Å². The summed E-state index contributed by atoms with van der Waals surface area (Å²) in [4.78, 5) is 8.69. The standard InChI is InChI=1S/C15H17FN5O2/c1-9-6-10(16)2-3-11(9)13-12-7-17-8-21(23)14(12)20-15(19-13)18-4-5-22/h2-3,6,17,22H,4-5,7-8H2,1H3,(H,18,19,20)/q-1. The highest BCUT2D eigenvalue weighted by atomic mass is 19.1. The maximum Gasteiger partial charge on any atom is 0.225 e. The molecule has 1 aromatic carbocycles. The molecule has 0 atom stereocenters. The minimum atomic E-state index is -0.323. The Morgan fingerprint density at radius 3 is 3.00 bits per heavy atom. The Morgan fingerprint density at radius 2 is 2.26 bits per heavy atom. The number of hydrogen-bond donors (Lipinski definition) is 3. The number of aromatic nitrogens is 2. The number of nitrogens with zero attached hydrogens (tertiary/aromatic N) is 3. The van der Waals surface area contributed by atoms with E-state index in [4.69, 9.17) is 5.11 Å². The van der Waals surface area contributed by atoms with Crippen molar-refractivity contribution >= 4 is 11.8 Å². The normalized spacial score (nSPS) is 13.8. The summed E-state index contributed by atoms with van der Waals surface area (Å²) in [7, 11) is 0. The molecule has 1 aromatic heterocycles. The second-order valence-corrected chi connectivity index (χ2v) is 5.27. The van der Waals surface area contributed by atoms with E-state index >= 15 is 0 Å². The Hall–Kier alpha value is -2.29. The van der Waals surface area contributed by atoms with Gasteiger partial charge in [0.1, 0.15) is 11.6 Å². The maximum atomic E-state index is 13.4. The Labute approximate surface area is 132 Å². The highest BCUT2D eigenvalue weighted by Gasteiger charge is 2.21. The van der Waals surface area contributed by atoms with Gasteiger partial charge in [0, 0.05) is 24.2 Å². The molecule has 1 aliphatic rings. The summed E-state index contributed by atoms with van der Waals surface area (Å²) >= 11 is 0. The van der Waals surface area contributed by atoms with E-state index in [1.165, 1.54) is 12.1 Å². The average Bonchev–Trinajstić information content (AvgIpc) is 2.53. The fourth-order valence-electron chi connectivity index (χ4n) is 2.56. The number of fused-ring (bicyclic) bond motifs is 1. The van der Waals surface area contributed by atoms with Crippen LogP contribution in [0, 0.1) is 17.9 Å². The van der Waals surface area contributed by atoms with Crippen LogP contribution in [0.4, 0.5) is 16.2 Å². The third-order valence-electron chi connectivity index (χ3n) is 3.62. The molecular formula is C15H17FN5O2-. The van der Waals surface area contributed by atoms with E-state index in [0.29, 0.717) is 17.8 Å². The molecule has 23 heavy (non-hydrogen) atoms. The van der Waals surface area contributed by atoms with Gasteiger partial charge in [0.15, 0.2) is 0 Å². The van der Waals surface area contributed by atoms with E-state index in [0.717, 1.165) is 16.2 Å². The monoisotopic (exact) mass is 318 g/mol. The number of aliphatic hydroxyl groups is 1. The molecule has 2 heterocycles. The number of benzene rings is 1. The first-order valence-corrected chi connectivity index (χ1v) is 7.27. The summed E-state index contributed by atoms with van der Waals surface area (Å²) in [5.74, 6) is 0.230. The summed E-state index contributed by atoms with van der Waals surface area (Å²) in [6.45, 7) is 2.59. The molecule has 3 rings (SSSR count). The van der Waals surface area contributed by atoms with Crippen molar-refractivity contribution in [3.8, 4) is 11.3 Å². The van der Waals surface area contributed by atoms with E-state index < -0.39 is 0 Å². The highest BCUT2D eigenvalue weighted by molar-refractivity contribution is 5.73. The molecule has 0 fully saturated rings. The van der Waals surface area contributed by atoms with Crippen LogP contribution in [-0.2, 0) is 6.54 Å². The summed E-state index contributed by atoms with van der Waals surface area (Å²) in [5, 5.41) is 27.6. The van der Waals surface area contributed by atoms with Crippen LogP contribution in [0.25, 0.3) is 11.3 Å². The van der Waals surface area contributed by atoms with Crippen LogP contribution in [0.5, 0.6) is 0 Å². The Kier molecular flexibility index (Phi) is 4.37. The van der Waals surface area contributed by atoms with E-state index in [1.54, 1.807) is 13.0 Å². The fourth-order valence-corrected chi connectivity index (χ4v) is 2.56. The van der Waals surface area contributed by atoms with Gasteiger partial charge in [-0.2, -0.15) is 4.98 Å². The zero-order chi connectivity index (χ0) is 16.4. The van der Waals surface area contributed by atoms with Crippen molar-refractivity contribution in [3.05, 3.63) is 40.4 Å². The van der Waals surface area contributed by atoms with Gasteiger partial charge in [-0.05, 0) is 30.7 Å². The maximum absolute atomic E-state index is 13.4. The summed E-state index contributed by atoms with van der Waals surface area (Å²) < 4.78 is 13.4. The first-order valence-electron chi connectivity index (χ1n) is 7.27. The Bertz CT molecular complexity index is 725. The predicted molar refractivity (Wildman–Crippen MR) is 85.3 cm³/mol. The highest BCUT2D eigenvalue weighted by Crippen LogP contribution is 2.33. The second-order valence-electron chi connectivity index (χ2n) is 5.27. The minimum absolute atomic E-state index is 0.0754. The van der Waals surface area contributed by atoms with Gasteiger partial charge in [-0.1, -0.05) is 0 Å². The topological polar surface area (TPSA) is 96.4 Å². The van der Waals surface area contributed by atoms with Crippen LogP contribution in [0.3, 0.4) is 0 Å². The number of halogens is 1. The van der Waals surface area contributed by atoms with Crippen LogP contribution in [0.15, 0.2) is 18.2 Å². The summed E-state index contributed by atoms with van der Waals surface area (Å²) in [6.07, 6.45) is 0. The van der Waals surface area contributed by atoms with Gasteiger partial charge in [0.05, 0.1) is 19.0 Å². The molecule has 1 aliphatic heterocycles. The van der Waals surface area contributed by atoms with Crippen LogP contribution in [-0.4, -0.2) is 34.9 Å². The zero-order valence-corrected chi connectivity index (χ0v) is 12.6. The number of rotatable bonds is 4. The molecular weight excluding hydrogens is 301 g/mol. The minimum Gasteiger partial charge on any atom is -0.756 e. The zero-order valence-electron chi connectivity index (χ0n) is 12.6. The third kappa shape index (κ3) is 3.09. The molecule has 0 amide bonds. The van der Waals surface area contributed by atoms with Crippen LogP contribution in [0.2, 0.25) is 0 Å². The quantitative estimate of drug-likeness (QED) is 0.783. The molecule has 3 N–H and O–H groups in total. The van der Waals surface area contributed by atoms with E-state index in [9.17, 15) is 9.60 Å². The van der Waals surface area contributed by atoms with Crippen molar-refractivity contribution in [1.82, 2.24) is 15.3 Å². The summed E-state index contributed by atoms with van der Waals surface area (Å²) in [6, 6.07) is 4.44. The lowest BCUT2D eigenvalue weighted by atomic mass is 10.0. The van der Waals surface area contributed by atoms with E-state index in [1.807, 2.05) is 0 Å². The lowest BCUT2D eigenvalue weighted by Gasteiger charge is -2.36. The van der Waals surface area contributed by atoms with Crippen molar-refractivity contribution in [2.24, 2.45) is 0 Å². The molecule has 0 bridgehead atoms. The van der Waals surface area contributed by atoms with Crippen molar-refractivity contribution in [3.63, 3.8) is 0 Å². The van der Waals surface area contributed by atoms with Gasteiger partial charge in [-0.3, -0.25) is 5.32 Å². The molecule has 0 saturated carbocycles. The number of aliphatic hydroxyl groups excluding tert-OH is 1. The molecule has 0 unspecified atom stereocenters. The van der Waals surface area contributed by atoms with Gasteiger partial charge in [0.2, 0.25) is 5.95 Å². The van der Waals surface area contributed by atoms with Crippen molar-refractivity contribution in [1.29, 1.82) is 0 Å². The Morgan fingerprint density at radius 1 is 1.43 bits per heavy atom. The van der Waals surface area contributed by atoms with Gasteiger partial charge < -0.3 is 20.7 Å². The van der Waals surface area contributed by atoms with E-state index in [2.05, 4.69) is 20.6 Å². The molecule has 0 saturated heterocycles. The number of aryl methyl sites for hydroxylation is 1. The molecule has 7 nitrogen and oxygen atoms in total. The first-order chi connectivity index (χ1) is 11.1. The Balaban J connectivity index is 2.15. The number of nitrogens with one attached hydrogen (secondary N) is 2. The molecule has 0 radical (unpaired) electrons. The lowest BCUT2D eigenvalue weighted by molar-refractivity contribution is 0.311. The largest absolute Gasteiger partial charge is 0.756 e. The van der Waals surface area contributed by atoms with Gasteiger partial charge in [0.25, 0.3) is 0 Å². The molecule has 8 heteroatoms. The second kappa shape index (κ2) is 6.45. The first kappa shape index (κ1) is 15.6. The van der Waals surface area contributed by atoms with Gasteiger partial charge in [-0.25, -0.2) is 9.37 Å². The van der Waals surface area contributed by atoms with Crippen molar-refractivity contribution in [2.45, 2.75) is 13.5 Å². The fraction of sp³-hybridized carbons (Fsp3) is 0.333. The smallest absolute Gasteiger partial charge is 0.225 e. The number of anilines is 2. The average molecular weight is 318 g/mol. The van der Waals surface area contributed by atoms with Crippen LogP contribution < -0.4 is 15.7 Å².